The third kappa shape index (κ3) is 3.43. The number of benzene rings is 2. The number of sulfonamides is 1. The van der Waals surface area contributed by atoms with E-state index in [1.54, 1.807) is 19.1 Å². The second kappa shape index (κ2) is 5.87. The van der Waals surface area contributed by atoms with E-state index < -0.39 is 10.0 Å². The molecule has 0 aromatic heterocycles. The van der Waals surface area contributed by atoms with Gasteiger partial charge in [-0.15, -0.1) is 0 Å². The highest BCUT2D eigenvalue weighted by Gasteiger charge is 2.17. The van der Waals surface area contributed by atoms with Crippen LogP contribution in [0.5, 0.6) is 0 Å². The molecule has 21 heavy (non-hydrogen) atoms. The van der Waals surface area contributed by atoms with E-state index in [1.165, 1.54) is 0 Å². The van der Waals surface area contributed by atoms with Gasteiger partial charge in [-0.1, -0.05) is 24.3 Å². The molecule has 0 spiro atoms. The SMILES string of the molecule is Cc1ccc(C)c(S(=O)(=O)NCc2cccc(N)c2C)c1. The summed E-state index contributed by atoms with van der Waals surface area (Å²) in [6.45, 7) is 5.78. The van der Waals surface area contributed by atoms with Gasteiger partial charge in [-0.3, -0.25) is 0 Å². The topological polar surface area (TPSA) is 72.2 Å². The Bertz CT molecular complexity index is 768. The summed E-state index contributed by atoms with van der Waals surface area (Å²) in [5, 5.41) is 0. The highest BCUT2D eigenvalue weighted by atomic mass is 32.2. The smallest absolute Gasteiger partial charge is 0.241 e. The zero-order valence-electron chi connectivity index (χ0n) is 12.5. The van der Waals surface area contributed by atoms with Crippen LogP contribution in [0, 0.1) is 20.8 Å². The van der Waals surface area contributed by atoms with Crippen LogP contribution >= 0.6 is 0 Å². The molecule has 0 atom stereocenters. The number of hydrogen-bond donors (Lipinski definition) is 2. The molecule has 112 valence electrons. The Morgan fingerprint density at radius 3 is 2.52 bits per heavy atom. The number of nitrogen functional groups attached to an aromatic ring is 1. The van der Waals surface area contributed by atoms with Crippen molar-refractivity contribution < 1.29 is 8.42 Å². The van der Waals surface area contributed by atoms with Crippen LogP contribution in [0.15, 0.2) is 41.3 Å². The lowest BCUT2D eigenvalue weighted by Gasteiger charge is -2.12. The van der Waals surface area contributed by atoms with Gasteiger partial charge < -0.3 is 5.73 Å². The summed E-state index contributed by atoms with van der Waals surface area (Å²) in [5.74, 6) is 0. The maximum Gasteiger partial charge on any atom is 0.241 e. The average Bonchev–Trinajstić information content (AvgIpc) is 2.43. The fourth-order valence-electron chi connectivity index (χ4n) is 2.14. The Labute approximate surface area is 126 Å². The Morgan fingerprint density at radius 2 is 1.81 bits per heavy atom. The van der Waals surface area contributed by atoms with E-state index in [1.807, 2.05) is 38.1 Å². The van der Waals surface area contributed by atoms with Crippen molar-refractivity contribution in [3.63, 3.8) is 0 Å². The van der Waals surface area contributed by atoms with Gasteiger partial charge >= 0.3 is 0 Å². The van der Waals surface area contributed by atoms with Crippen molar-refractivity contribution in [2.24, 2.45) is 0 Å². The third-order valence-corrected chi connectivity index (χ3v) is 5.12. The van der Waals surface area contributed by atoms with Gasteiger partial charge in [0, 0.05) is 12.2 Å². The highest BCUT2D eigenvalue weighted by Crippen LogP contribution is 2.19. The fourth-order valence-corrected chi connectivity index (χ4v) is 3.48. The molecule has 0 unspecified atom stereocenters. The van der Waals surface area contributed by atoms with Gasteiger partial charge in [0.25, 0.3) is 0 Å². The summed E-state index contributed by atoms with van der Waals surface area (Å²) in [7, 11) is -3.53. The normalized spacial score (nSPS) is 11.6. The predicted octanol–water partition coefficient (Wildman–Crippen LogP) is 2.67. The lowest BCUT2D eigenvalue weighted by atomic mass is 10.1. The first kappa shape index (κ1) is 15.5. The zero-order valence-corrected chi connectivity index (χ0v) is 13.3. The standard InChI is InChI=1S/C16H20N2O2S/c1-11-7-8-12(2)16(9-11)21(19,20)18-10-14-5-4-6-15(17)13(14)3/h4-9,18H,10,17H2,1-3H3. The maximum absolute atomic E-state index is 12.4. The van der Waals surface area contributed by atoms with Crippen molar-refractivity contribution in [1.29, 1.82) is 0 Å². The number of aryl methyl sites for hydroxylation is 2. The Morgan fingerprint density at radius 1 is 1.10 bits per heavy atom. The minimum atomic E-state index is -3.53. The summed E-state index contributed by atoms with van der Waals surface area (Å²) >= 11 is 0. The second-order valence-electron chi connectivity index (χ2n) is 5.22. The molecule has 2 aromatic rings. The minimum Gasteiger partial charge on any atom is -0.399 e. The van der Waals surface area contributed by atoms with Crippen LogP contribution in [0.3, 0.4) is 0 Å². The minimum absolute atomic E-state index is 0.229. The molecule has 0 aliphatic rings. The van der Waals surface area contributed by atoms with Crippen LogP contribution in [-0.2, 0) is 16.6 Å². The molecule has 4 nitrogen and oxygen atoms in total. The molecule has 0 amide bonds. The number of nitrogens with one attached hydrogen (secondary N) is 1. The summed E-state index contributed by atoms with van der Waals surface area (Å²) in [5.41, 5.74) is 9.94. The van der Waals surface area contributed by atoms with Gasteiger partial charge in [-0.25, -0.2) is 13.1 Å². The molecular formula is C16H20N2O2S. The second-order valence-corrected chi connectivity index (χ2v) is 6.96. The van der Waals surface area contributed by atoms with Crippen molar-refractivity contribution in [3.05, 3.63) is 58.7 Å². The fraction of sp³-hybridized carbons (Fsp3) is 0.250. The molecule has 0 bridgehead atoms. The first-order valence-corrected chi connectivity index (χ1v) is 8.20. The molecule has 0 fully saturated rings. The van der Waals surface area contributed by atoms with E-state index in [2.05, 4.69) is 4.72 Å². The van der Waals surface area contributed by atoms with Gasteiger partial charge in [0.2, 0.25) is 10.0 Å². The van der Waals surface area contributed by atoms with Crippen LogP contribution in [0.1, 0.15) is 22.3 Å². The third-order valence-electron chi connectivity index (χ3n) is 3.57. The van der Waals surface area contributed by atoms with Gasteiger partial charge in [-0.2, -0.15) is 0 Å². The predicted molar refractivity (Wildman–Crippen MR) is 85.5 cm³/mol. The molecular weight excluding hydrogens is 284 g/mol. The highest BCUT2D eigenvalue weighted by molar-refractivity contribution is 7.89. The van der Waals surface area contributed by atoms with Crippen molar-refractivity contribution >= 4 is 15.7 Å². The summed E-state index contributed by atoms with van der Waals surface area (Å²) in [6, 6.07) is 10.9. The zero-order chi connectivity index (χ0) is 15.6. The van der Waals surface area contributed by atoms with Crippen LogP contribution in [-0.4, -0.2) is 8.42 Å². The lowest BCUT2D eigenvalue weighted by Crippen LogP contribution is -2.24. The van der Waals surface area contributed by atoms with E-state index in [-0.39, 0.29) is 6.54 Å². The number of anilines is 1. The average molecular weight is 304 g/mol. The lowest BCUT2D eigenvalue weighted by molar-refractivity contribution is 0.580. The summed E-state index contributed by atoms with van der Waals surface area (Å²) in [6.07, 6.45) is 0. The van der Waals surface area contributed by atoms with Gasteiger partial charge in [0.05, 0.1) is 4.90 Å². The molecule has 0 heterocycles. The molecule has 5 heteroatoms. The molecule has 3 N–H and O–H groups in total. The number of nitrogens with two attached hydrogens (primary N) is 1. The van der Waals surface area contributed by atoms with Crippen LogP contribution in [0.2, 0.25) is 0 Å². The number of hydrogen-bond acceptors (Lipinski definition) is 3. The molecule has 0 aliphatic carbocycles. The van der Waals surface area contributed by atoms with Crippen LogP contribution in [0.4, 0.5) is 5.69 Å². The van der Waals surface area contributed by atoms with Gasteiger partial charge in [0.15, 0.2) is 0 Å². The van der Waals surface area contributed by atoms with Crippen LogP contribution in [0.25, 0.3) is 0 Å². The maximum atomic E-state index is 12.4. The Balaban J connectivity index is 2.26. The largest absolute Gasteiger partial charge is 0.399 e. The quantitative estimate of drug-likeness (QED) is 0.853. The van der Waals surface area contributed by atoms with E-state index in [0.717, 1.165) is 22.3 Å². The van der Waals surface area contributed by atoms with Gasteiger partial charge in [0.1, 0.15) is 0 Å². The van der Waals surface area contributed by atoms with E-state index >= 15 is 0 Å². The Kier molecular flexibility index (Phi) is 4.34. The molecule has 0 saturated carbocycles. The van der Waals surface area contributed by atoms with Crippen molar-refractivity contribution in [1.82, 2.24) is 4.72 Å². The first-order chi connectivity index (χ1) is 9.81. The summed E-state index contributed by atoms with van der Waals surface area (Å²) in [4.78, 5) is 0.323. The van der Waals surface area contributed by atoms with E-state index in [9.17, 15) is 8.42 Å². The Hall–Kier alpha value is -1.85. The van der Waals surface area contributed by atoms with Crippen molar-refractivity contribution in [3.8, 4) is 0 Å². The van der Waals surface area contributed by atoms with Crippen LogP contribution < -0.4 is 10.5 Å². The van der Waals surface area contributed by atoms with E-state index in [0.29, 0.717) is 10.6 Å². The number of rotatable bonds is 4. The first-order valence-electron chi connectivity index (χ1n) is 6.72. The van der Waals surface area contributed by atoms with Gasteiger partial charge in [-0.05, 0) is 55.2 Å². The molecule has 0 aliphatic heterocycles. The molecule has 2 aromatic carbocycles. The summed E-state index contributed by atoms with van der Waals surface area (Å²) < 4.78 is 27.5. The molecule has 2 rings (SSSR count). The molecule has 0 radical (unpaired) electrons. The monoisotopic (exact) mass is 304 g/mol. The van der Waals surface area contributed by atoms with Crippen molar-refractivity contribution in [2.45, 2.75) is 32.2 Å². The van der Waals surface area contributed by atoms with Crippen molar-refractivity contribution in [2.75, 3.05) is 5.73 Å². The molecule has 0 saturated heterocycles. The van der Waals surface area contributed by atoms with E-state index in [4.69, 9.17) is 5.73 Å².